The molecule has 0 aromatic carbocycles. The van der Waals surface area contributed by atoms with Crippen molar-refractivity contribution in [3.05, 3.63) is 35.7 Å². The summed E-state index contributed by atoms with van der Waals surface area (Å²) in [6.45, 7) is -1.06. The Bertz CT molecular complexity index is 1350. The molecule has 38 heavy (non-hydrogen) atoms. The lowest BCUT2D eigenvalue weighted by atomic mass is 9.56. The van der Waals surface area contributed by atoms with Crippen molar-refractivity contribution in [3.63, 3.8) is 0 Å². The van der Waals surface area contributed by atoms with Gasteiger partial charge in [0.15, 0.2) is 29.6 Å². The maximum absolute atomic E-state index is 15.1. The molecule has 1 saturated heterocycles. The largest absolute Gasteiger partial charge is 0.522 e. The average Bonchev–Trinajstić information content (AvgIpc) is 3.57. The van der Waals surface area contributed by atoms with E-state index in [1.54, 1.807) is 0 Å². The molecule has 4 heterocycles. The van der Waals surface area contributed by atoms with Crippen molar-refractivity contribution < 1.29 is 41.0 Å². The van der Waals surface area contributed by atoms with E-state index in [4.69, 9.17) is 9.47 Å². The fraction of sp³-hybridized carbons (Fsp3) is 0.545. The summed E-state index contributed by atoms with van der Waals surface area (Å²) in [5.74, 6) is 0.427. The number of alkyl carbamates (subject to hydrolysis) is 1. The highest BCUT2D eigenvalue weighted by molar-refractivity contribution is 5.68. The summed E-state index contributed by atoms with van der Waals surface area (Å²) in [5.41, 5.74) is -0.222. The Hall–Kier alpha value is -3.53. The van der Waals surface area contributed by atoms with E-state index >= 15 is 4.39 Å². The van der Waals surface area contributed by atoms with Crippen LogP contribution in [0, 0.1) is 17.7 Å². The van der Waals surface area contributed by atoms with Crippen molar-refractivity contribution in [2.45, 2.75) is 56.7 Å². The fourth-order valence-corrected chi connectivity index (χ4v) is 5.12. The number of nitrogens with zero attached hydrogens (tertiary/aromatic N) is 4. The minimum atomic E-state index is -4.88. The highest BCUT2D eigenvalue weighted by Gasteiger charge is 2.48. The van der Waals surface area contributed by atoms with Crippen LogP contribution < -0.4 is 10.6 Å². The molecule has 0 bridgehead atoms. The Balaban J connectivity index is 1.09. The van der Waals surface area contributed by atoms with Crippen molar-refractivity contribution in [1.29, 1.82) is 0 Å². The lowest BCUT2D eigenvalue weighted by molar-refractivity contribution is -0.330. The van der Waals surface area contributed by atoms with Crippen molar-refractivity contribution >= 4 is 23.5 Å². The second-order valence-electron chi connectivity index (χ2n) is 9.55. The molecule has 1 amide bonds. The van der Waals surface area contributed by atoms with Gasteiger partial charge in [-0.3, -0.25) is 14.2 Å². The van der Waals surface area contributed by atoms with Crippen LogP contribution in [0.3, 0.4) is 0 Å². The molecule has 6 rings (SSSR count). The minimum absolute atomic E-state index is 0.0167. The molecule has 2 aliphatic carbocycles. The number of hydrogen-bond donors (Lipinski definition) is 3. The van der Waals surface area contributed by atoms with Gasteiger partial charge in [0.25, 0.3) is 0 Å². The van der Waals surface area contributed by atoms with Crippen LogP contribution in [0.1, 0.15) is 36.8 Å². The number of aromatic nitrogens is 5. The minimum Gasteiger partial charge on any atom is -0.441 e. The van der Waals surface area contributed by atoms with E-state index < -0.39 is 43.3 Å². The number of rotatable bonds is 7. The van der Waals surface area contributed by atoms with Crippen molar-refractivity contribution in [3.8, 4) is 0 Å². The van der Waals surface area contributed by atoms with Crippen molar-refractivity contribution in [2.75, 3.05) is 11.9 Å². The number of halogens is 5. The Labute approximate surface area is 211 Å². The van der Waals surface area contributed by atoms with Gasteiger partial charge in [-0.1, -0.05) is 0 Å². The molecule has 1 aliphatic heterocycles. The number of amides is 1. The number of carbonyl (C=O) groups excluding carboxylic acids is 1. The molecule has 204 valence electrons. The smallest absolute Gasteiger partial charge is 0.441 e. The van der Waals surface area contributed by atoms with Gasteiger partial charge >= 0.3 is 12.5 Å². The number of aromatic amines is 1. The molecule has 3 N–H and O–H groups in total. The Morgan fingerprint density at radius 2 is 2.16 bits per heavy atom. The lowest BCUT2D eigenvalue weighted by Crippen LogP contribution is -2.57. The van der Waals surface area contributed by atoms with E-state index in [1.807, 2.05) is 0 Å². The topological polar surface area (TPSA) is 128 Å². The van der Waals surface area contributed by atoms with Gasteiger partial charge in [-0.25, -0.2) is 23.5 Å². The van der Waals surface area contributed by atoms with Gasteiger partial charge in [0.2, 0.25) is 5.95 Å². The monoisotopic (exact) mass is 543 g/mol. The molecule has 3 unspecified atom stereocenters. The predicted octanol–water partition coefficient (Wildman–Crippen LogP) is 3.67. The van der Waals surface area contributed by atoms with Gasteiger partial charge in [-0.15, -0.1) is 13.2 Å². The number of H-pyrrole nitrogens is 1. The van der Waals surface area contributed by atoms with Crippen LogP contribution in [-0.2, 0) is 20.8 Å². The van der Waals surface area contributed by atoms with Gasteiger partial charge in [-0.05, 0) is 31.1 Å². The number of fused-ring (bicyclic) bond motifs is 2. The zero-order valence-electron chi connectivity index (χ0n) is 19.5. The lowest BCUT2D eigenvalue weighted by Gasteiger charge is -2.52. The Morgan fingerprint density at radius 3 is 2.87 bits per heavy atom. The highest BCUT2D eigenvalue weighted by atomic mass is 19.4. The van der Waals surface area contributed by atoms with Crippen LogP contribution in [0.5, 0.6) is 0 Å². The van der Waals surface area contributed by atoms with Gasteiger partial charge in [0, 0.05) is 18.3 Å². The Morgan fingerprint density at radius 1 is 1.32 bits per heavy atom. The van der Waals surface area contributed by atoms with Crippen LogP contribution in [0.15, 0.2) is 18.5 Å². The fourth-order valence-electron chi connectivity index (χ4n) is 5.12. The van der Waals surface area contributed by atoms with E-state index in [0.29, 0.717) is 11.8 Å². The van der Waals surface area contributed by atoms with Crippen LogP contribution in [-0.4, -0.2) is 61.9 Å². The second-order valence-corrected chi connectivity index (χ2v) is 9.55. The first kappa shape index (κ1) is 24.8. The van der Waals surface area contributed by atoms with Crippen molar-refractivity contribution in [1.82, 2.24) is 29.9 Å². The molecule has 3 aromatic rings. The summed E-state index contributed by atoms with van der Waals surface area (Å²) in [6, 6.07) is 1.50. The number of ether oxygens (including phenoxy) is 3. The summed E-state index contributed by atoms with van der Waals surface area (Å²) in [5, 5.41) is 12.2. The summed E-state index contributed by atoms with van der Waals surface area (Å²) < 4.78 is 81.9. The molecule has 3 aliphatic rings. The molecule has 0 spiro atoms. The molecule has 3 fully saturated rings. The third-order valence-corrected chi connectivity index (χ3v) is 7.22. The van der Waals surface area contributed by atoms with Gasteiger partial charge in [0.1, 0.15) is 6.10 Å². The molecule has 2 saturated carbocycles. The third-order valence-electron chi connectivity index (χ3n) is 7.22. The maximum Gasteiger partial charge on any atom is 0.522 e. The second kappa shape index (κ2) is 9.34. The van der Waals surface area contributed by atoms with Crippen molar-refractivity contribution in [2.24, 2.45) is 11.8 Å². The SMILES string of the molecule is O=C(NC1CC2CCC21)O[C@@H]1CO[C@H](c2cc(Nc3ncc(F)c4nc(COC(F)(F)F)cn34)n[nH]2)[C@H]1F. The first-order chi connectivity index (χ1) is 18.1. The quantitative estimate of drug-likeness (QED) is 0.386. The molecule has 11 nitrogen and oxygen atoms in total. The summed E-state index contributed by atoms with van der Waals surface area (Å²) >= 11 is 0. The van der Waals surface area contributed by atoms with Crippen LogP contribution >= 0.6 is 0 Å². The molecule has 3 aromatic heterocycles. The zero-order chi connectivity index (χ0) is 26.6. The van der Waals surface area contributed by atoms with Gasteiger partial charge in [-0.2, -0.15) is 5.10 Å². The van der Waals surface area contributed by atoms with Crippen LogP contribution in [0.4, 0.5) is 38.5 Å². The number of carbonyl (C=O) groups is 1. The summed E-state index contributed by atoms with van der Waals surface area (Å²) in [7, 11) is 0. The maximum atomic E-state index is 15.1. The van der Waals surface area contributed by atoms with Crippen LogP contribution in [0.25, 0.3) is 5.65 Å². The molecule has 6 atom stereocenters. The summed E-state index contributed by atoms with van der Waals surface area (Å²) in [4.78, 5) is 19.9. The first-order valence-electron chi connectivity index (χ1n) is 11.9. The normalized spacial score (nSPS) is 28.4. The van der Waals surface area contributed by atoms with E-state index in [2.05, 4.69) is 35.5 Å². The highest BCUT2D eigenvalue weighted by Crippen LogP contribution is 2.50. The number of alkyl halides is 4. The standard InChI is InChI=1S/C22H22F5N7O4/c23-12-5-28-20(34-6-10(29-19(12)34)7-37-22(25,26)27)31-16-4-14(32-33-16)18-17(24)15(8-36-18)38-21(35)30-13-3-9-1-2-11(9)13/h4-6,9,11,13,15,17-18H,1-3,7-8H2,(H,30,35)(H2,28,31,32,33)/t9?,11?,13?,15-,17+,18-/m1/s1. The molecule has 0 radical (unpaired) electrons. The zero-order valence-corrected chi connectivity index (χ0v) is 19.5. The van der Waals surface area contributed by atoms with E-state index in [1.165, 1.54) is 12.5 Å². The summed E-state index contributed by atoms with van der Waals surface area (Å²) in [6.07, 6.45) is -4.23. The van der Waals surface area contributed by atoms with Gasteiger partial charge < -0.3 is 20.1 Å². The average molecular weight is 543 g/mol. The molecular formula is C22H22F5N7O4. The van der Waals surface area contributed by atoms with E-state index in [0.717, 1.165) is 29.6 Å². The number of anilines is 2. The number of hydrogen-bond acceptors (Lipinski definition) is 8. The van der Waals surface area contributed by atoms with Gasteiger partial charge in [0.05, 0.1) is 30.8 Å². The first-order valence-corrected chi connectivity index (χ1v) is 11.9. The predicted molar refractivity (Wildman–Crippen MR) is 117 cm³/mol. The number of nitrogens with one attached hydrogen (secondary N) is 3. The Kier molecular flexibility index (Phi) is 6.09. The molecule has 16 heteroatoms. The number of imidazole rings is 1. The van der Waals surface area contributed by atoms with E-state index in [9.17, 15) is 22.4 Å². The third kappa shape index (κ3) is 4.73. The van der Waals surface area contributed by atoms with Crippen LogP contribution in [0.2, 0.25) is 0 Å². The van der Waals surface area contributed by atoms with E-state index in [-0.39, 0.29) is 41.4 Å². The molecular weight excluding hydrogens is 521 g/mol.